The Morgan fingerprint density at radius 3 is 2.15 bits per heavy atom. The van der Waals surface area contributed by atoms with Crippen molar-refractivity contribution in [2.75, 3.05) is 0 Å². The molecule has 0 atom stereocenters. The van der Waals surface area contributed by atoms with E-state index in [-0.39, 0.29) is 12.0 Å². The summed E-state index contributed by atoms with van der Waals surface area (Å²) in [4.78, 5) is 0. The maximum Gasteiger partial charge on any atom is 0.126 e. The zero-order valence-electron chi connectivity index (χ0n) is 7.55. The summed E-state index contributed by atoms with van der Waals surface area (Å²) in [7, 11) is 0. The Kier molecular flexibility index (Phi) is 2.63. The Morgan fingerprint density at radius 2 is 1.54 bits per heavy atom. The second-order valence-corrected chi connectivity index (χ2v) is 2.95. The SMILES string of the molecule is Cc1cc2ccccc2cc1F.N. The van der Waals surface area contributed by atoms with E-state index in [4.69, 9.17) is 0 Å². The van der Waals surface area contributed by atoms with Crippen LogP contribution in [0.4, 0.5) is 4.39 Å². The van der Waals surface area contributed by atoms with Gasteiger partial charge in [0.25, 0.3) is 0 Å². The summed E-state index contributed by atoms with van der Waals surface area (Å²) in [5.74, 6) is -0.131. The highest BCUT2D eigenvalue weighted by atomic mass is 19.1. The van der Waals surface area contributed by atoms with Gasteiger partial charge in [-0.15, -0.1) is 0 Å². The Bertz CT molecular complexity index is 383. The van der Waals surface area contributed by atoms with Crippen LogP contribution in [0.5, 0.6) is 0 Å². The molecule has 0 saturated carbocycles. The van der Waals surface area contributed by atoms with E-state index in [2.05, 4.69) is 0 Å². The molecular formula is C11H12FN. The van der Waals surface area contributed by atoms with Crippen LogP contribution in [0.1, 0.15) is 5.56 Å². The summed E-state index contributed by atoms with van der Waals surface area (Å²) in [6.07, 6.45) is 0. The summed E-state index contributed by atoms with van der Waals surface area (Å²) in [5, 5.41) is 2.05. The maximum atomic E-state index is 13.0. The van der Waals surface area contributed by atoms with Gasteiger partial charge in [-0.1, -0.05) is 24.3 Å². The molecule has 0 amide bonds. The molecule has 0 bridgehead atoms. The molecule has 3 N–H and O–H groups in total. The molecule has 0 radical (unpaired) electrons. The van der Waals surface area contributed by atoms with Crippen LogP contribution in [0.2, 0.25) is 0 Å². The van der Waals surface area contributed by atoms with Crippen molar-refractivity contribution in [2.24, 2.45) is 0 Å². The van der Waals surface area contributed by atoms with Gasteiger partial charge in [-0.3, -0.25) is 0 Å². The molecule has 2 rings (SSSR count). The standard InChI is InChI=1S/C11H9F.H3N/c1-8-6-9-4-2-3-5-10(9)7-11(8)12;/h2-7H,1H3;1H3. The summed E-state index contributed by atoms with van der Waals surface area (Å²) < 4.78 is 13.0. The zero-order valence-corrected chi connectivity index (χ0v) is 7.55. The Balaban J connectivity index is 0.000000845. The largest absolute Gasteiger partial charge is 0.344 e. The Labute approximate surface area is 76.8 Å². The quantitative estimate of drug-likeness (QED) is 0.657. The van der Waals surface area contributed by atoms with Gasteiger partial charge in [-0.05, 0) is 35.4 Å². The van der Waals surface area contributed by atoms with E-state index in [0.29, 0.717) is 5.56 Å². The highest BCUT2D eigenvalue weighted by Crippen LogP contribution is 2.17. The van der Waals surface area contributed by atoms with Crippen LogP contribution in [-0.4, -0.2) is 0 Å². The van der Waals surface area contributed by atoms with E-state index in [9.17, 15) is 4.39 Å². The summed E-state index contributed by atoms with van der Waals surface area (Å²) in [6.45, 7) is 1.78. The highest BCUT2D eigenvalue weighted by molar-refractivity contribution is 5.83. The third-order valence-electron chi connectivity index (χ3n) is 2.03. The molecule has 13 heavy (non-hydrogen) atoms. The third-order valence-corrected chi connectivity index (χ3v) is 2.03. The number of benzene rings is 2. The molecule has 0 fully saturated rings. The predicted molar refractivity (Wildman–Crippen MR) is 53.7 cm³/mol. The lowest BCUT2D eigenvalue weighted by molar-refractivity contribution is 0.620. The minimum absolute atomic E-state index is 0. The van der Waals surface area contributed by atoms with Crippen molar-refractivity contribution < 1.29 is 4.39 Å². The van der Waals surface area contributed by atoms with Crippen molar-refractivity contribution >= 4 is 10.8 Å². The molecule has 0 aliphatic heterocycles. The van der Waals surface area contributed by atoms with E-state index in [1.165, 1.54) is 0 Å². The van der Waals surface area contributed by atoms with Crippen LogP contribution in [-0.2, 0) is 0 Å². The van der Waals surface area contributed by atoms with Crippen LogP contribution in [0.15, 0.2) is 36.4 Å². The molecule has 2 aromatic carbocycles. The topological polar surface area (TPSA) is 35.0 Å². The lowest BCUT2D eigenvalue weighted by atomic mass is 10.1. The number of hydrogen-bond donors (Lipinski definition) is 1. The lowest BCUT2D eigenvalue weighted by Crippen LogP contribution is -1.81. The molecule has 2 aromatic rings. The van der Waals surface area contributed by atoms with Crippen LogP contribution in [0, 0.1) is 12.7 Å². The molecule has 0 saturated heterocycles. The van der Waals surface area contributed by atoms with Crippen molar-refractivity contribution in [2.45, 2.75) is 6.92 Å². The van der Waals surface area contributed by atoms with E-state index in [1.54, 1.807) is 13.0 Å². The van der Waals surface area contributed by atoms with Crippen molar-refractivity contribution in [1.29, 1.82) is 0 Å². The summed E-state index contributed by atoms with van der Waals surface area (Å²) in [5.41, 5.74) is 0.703. The smallest absolute Gasteiger partial charge is 0.126 e. The van der Waals surface area contributed by atoms with Crippen LogP contribution < -0.4 is 6.15 Å². The van der Waals surface area contributed by atoms with Gasteiger partial charge < -0.3 is 6.15 Å². The van der Waals surface area contributed by atoms with Gasteiger partial charge >= 0.3 is 0 Å². The van der Waals surface area contributed by atoms with Gasteiger partial charge in [-0.25, -0.2) is 4.39 Å². The normalized spacial score (nSPS) is 9.69. The fourth-order valence-electron chi connectivity index (χ4n) is 1.33. The van der Waals surface area contributed by atoms with Crippen molar-refractivity contribution in [3.05, 3.63) is 47.8 Å². The first-order valence-corrected chi connectivity index (χ1v) is 3.92. The van der Waals surface area contributed by atoms with Gasteiger partial charge in [0.05, 0.1) is 0 Å². The van der Waals surface area contributed by atoms with E-state index < -0.39 is 0 Å². The minimum atomic E-state index is -0.131. The molecule has 0 aliphatic rings. The average Bonchev–Trinajstić information content (AvgIpc) is 2.07. The van der Waals surface area contributed by atoms with E-state index in [0.717, 1.165) is 10.8 Å². The highest BCUT2D eigenvalue weighted by Gasteiger charge is 1.98. The Hall–Kier alpha value is -1.41. The number of aryl methyl sites for hydroxylation is 1. The van der Waals surface area contributed by atoms with Gasteiger partial charge in [0, 0.05) is 0 Å². The van der Waals surface area contributed by atoms with Gasteiger partial charge in [0.2, 0.25) is 0 Å². The fourth-order valence-corrected chi connectivity index (χ4v) is 1.33. The molecule has 0 heterocycles. The number of hydrogen-bond acceptors (Lipinski definition) is 1. The maximum absolute atomic E-state index is 13.0. The van der Waals surface area contributed by atoms with Crippen LogP contribution in [0.3, 0.4) is 0 Å². The predicted octanol–water partition coefficient (Wildman–Crippen LogP) is 3.45. The number of halogens is 1. The minimum Gasteiger partial charge on any atom is -0.344 e. The first-order valence-electron chi connectivity index (χ1n) is 3.92. The van der Waals surface area contributed by atoms with Crippen LogP contribution >= 0.6 is 0 Å². The molecule has 0 aliphatic carbocycles. The Morgan fingerprint density at radius 1 is 1.00 bits per heavy atom. The first-order chi connectivity index (χ1) is 5.77. The fraction of sp³-hybridized carbons (Fsp3) is 0.0909. The zero-order chi connectivity index (χ0) is 8.55. The second kappa shape index (κ2) is 3.54. The molecule has 1 nitrogen and oxygen atoms in total. The second-order valence-electron chi connectivity index (χ2n) is 2.95. The first kappa shape index (κ1) is 9.68. The molecule has 0 unspecified atom stereocenters. The molecule has 0 spiro atoms. The van der Waals surface area contributed by atoms with Gasteiger partial charge in [0.15, 0.2) is 0 Å². The molecule has 2 heteroatoms. The number of fused-ring (bicyclic) bond motifs is 1. The van der Waals surface area contributed by atoms with Crippen molar-refractivity contribution in [3.8, 4) is 0 Å². The van der Waals surface area contributed by atoms with Gasteiger partial charge in [-0.2, -0.15) is 0 Å². The molecular weight excluding hydrogens is 165 g/mol. The average molecular weight is 177 g/mol. The lowest BCUT2D eigenvalue weighted by Gasteiger charge is -1.99. The van der Waals surface area contributed by atoms with Crippen LogP contribution in [0.25, 0.3) is 10.8 Å². The summed E-state index contributed by atoms with van der Waals surface area (Å²) >= 11 is 0. The van der Waals surface area contributed by atoms with Crippen molar-refractivity contribution in [1.82, 2.24) is 6.15 Å². The van der Waals surface area contributed by atoms with E-state index >= 15 is 0 Å². The third kappa shape index (κ3) is 1.68. The number of rotatable bonds is 0. The monoisotopic (exact) mass is 177 g/mol. The van der Waals surface area contributed by atoms with E-state index in [1.807, 2.05) is 30.3 Å². The van der Waals surface area contributed by atoms with Crippen molar-refractivity contribution in [3.63, 3.8) is 0 Å². The summed E-state index contributed by atoms with van der Waals surface area (Å²) in [6, 6.07) is 11.2. The van der Waals surface area contributed by atoms with Gasteiger partial charge in [0.1, 0.15) is 5.82 Å². The molecule has 68 valence electrons. The molecule has 0 aromatic heterocycles.